The third-order valence-corrected chi connectivity index (χ3v) is 7.08. The van der Waals surface area contributed by atoms with Gasteiger partial charge in [0.1, 0.15) is 6.54 Å². The Morgan fingerprint density at radius 3 is 2.44 bits per heavy atom. The molecule has 0 bridgehead atoms. The first-order valence-electron chi connectivity index (χ1n) is 9.85. The molecule has 1 saturated carbocycles. The minimum absolute atomic E-state index is 0.171. The average molecular weight is 388 g/mol. The number of nitrogens with zero attached hydrogens (tertiary/aromatic N) is 3. The Kier molecular flexibility index (Phi) is 5.12. The summed E-state index contributed by atoms with van der Waals surface area (Å²) in [4.78, 5) is 47.0. The van der Waals surface area contributed by atoms with Gasteiger partial charge >= 0.3 is 0 Å². The molecule has 1 aromatic rings. The summed E-state index contributed by atoms with van der Waals surface area (Å²) in [6.07, 6.45) is 9.39. The summed E-state index contributed by atoms with van der Waals surface area (Å²) < 4.78 is 0. The summed E-state index contributed by atoms with van der Waals surface area (Å²) in [6, 6.07) is 0. The molecule has 4 rings (SSSR count). The first-order chi connectivity index (χ1) is 13.1. The van der Waals surface area contributed by atoms with Crippen LogP contribution in [0.5, 0.6) is 0 Å². The highest BCUT2D eigenvalue weighted by molar-refractivity contribution is 7.16. The van der Waals surface area contributed by atoms with Crippen molar-refractivity contribution in [3.8, 4) is 0 Å². The molecule has 0 N–H and O–H groups in total. The fourth-order valence-corrected chi connectivity index (χ4v) is 5.65. The van der Waals surface area contributed by atoms with Gasteiger partial charge in [0.15, 0.2) is 5.13 Å². The largest absolute Gasteiger partial charge is 0.283 e. The number of hydrogen-bond acceptors (Lipinski definition) is 5. The molecule has 1 saturated heterocycles. The molecule has 0 radical (unpaired) electrons. The maximum absolute atomic E-state index is 13.0. The van der Waals surface area contributed by atoms with E-state index >= 15 is 0 Å². The van der Waals surface area contributed by atoms with Gasteiger partial charge in [-0.05, 0) is 38.5 Å². The number of imide groups is 1. The normalized spacial score (nSPS) is 24.5. The van der Waals surface area contributed by atoms with Crippen LogP contribution in [0.15, 0.2) is 12.7 Å². The zero-order chi connectivity index (χ0) is 19.0. The first-order valence-corrected chi connectivity index (χ1v) is 10.7. The molecule has 0 spiro atoms. The molecule has 1 aromatic heterocycles. The molecule has 1 aliphatic heterocycles. The minimum Gasteiger partial charge on any atom is -0.283 e. The maximum atomic E-state index is 13.0. The number of thiazole rings is 1. The summed E-state index contributed by atoms with van der Waals surface area (Å²) in [7, 11) is 0. The van der Waals surface area contributed by atoms with Gasteiger partial charge in [-0.1, -0.05) is 18.9 Å². The van der Waals surface area contributed by atoms with Crippen molar-refractivity contribution in [1.29, 1.82) is 0 Å². The standard InChI is InChI=1S/C20H25N3O3S/c1-2-11-22(20-21-15-9-5-6-10-16(15)27-20)17(24)12-23-18(25)13-7-3-4-8-14(13)19(23)26/h2,13-14H,1,3-12H2/t13-,14+. The Bertz CT molecular complexity index is 740. The highest BCUT2D eigenvalue weighted by atomic mass is 32.1. The molecule has 144 valence electrons. The van der Waals surface area contributed by atoms with E-state index in [0.717, 1.165) is 57.1 Å². The van der Waals surface area contributed by atoms with E-state index in [1.807, 2.05) is 0 Å². The van der Waals surface area contributed by atoms with Gasteiger partial charge in [-0.3, -0.25) is 24.2 Å². The lowest BCUT2D eigenvalue weighted by Crippen LogP contribution is -2.43. The second kappa shape index (κ2) is 7.54. The second-order valence-electron chi connectivity index (χ2n) is 7.63. The van der Waals surface area contributed by atoms with Gasteiger partial charge in [0.05, 0.1) is 17.5 Å². The van der Waals surface area contributed by atoms with Gasteiger partial charge in [0.25, 0.3) is 0 Å². The molecule has 6 nitrogen and oxygen atoms in total. The summed E-state index contributed by atoms with van der Waals surface area (Å²) in [6.45, 7) is 3.88. The van der Waals surface area contributed by atoms with Gasteiger partial charge in [-0.2, -0.15) is 0 Å². The molecule has 2 fully saturated rings. The summed E-state index contributed by atoms with van der Waals surface area (Å²) >= 11 is 1.55. The van der Waals surface area contributed by atoms with Crippen LogP contribution in [0.2, 0.25) is 0 Å². The number of aryl methyl sites for hydroxylation is 2. The molecular formula is C20H25N3O3S. The van der Waals surface area contributed by atoms with Gasteiger partial charge in [0, 0.05) is 11.4 Å². The minimum atomic E-state index is -0.263. The van der Waals surface area contributed by atoms with E-state index in [1.165, 1.54) is 9.78 Å². The van der Waals surface area contributed by atoms with Crippen molar-refractivity contribution < 1.29 is 14.4 Å². The number of amides is 3. The zero-order valence-electron chi connectivity index (χ0n) is 15.5. The van der Waals surface area contributed by atoms with E-state index in [1.54, 1.807) is 22.3 Å². The van der Waals surface area contributed by atoms with Crippen LogP contribution in [-0.4, -0.2) is 40.7 Å². The molecule has 0 unspecified atom stereocenters. The van der Waals surface area contributed by atoms with Crippen LogP contribution in [0.4, 0.5) is 5.13 Å². The van der Waals surface area contributed by atoms with E-state index < -0.39 is 0 Å². The van der Waals surface area contributed by atoms with Crippen molar-refractivity contribution >= 4 is 34.2 Å². The van der Waals surface area contributed by atoms with Gasteiger partial charge in [-0.15, -0.1) is 17.9 Å². The van der Waals surface area contributed by atoms with Crippen LogP contribution in [-0.2, 0) is 27.2 Å². The Morgan fingerprint density at radius 1 is 1.15 bits per heavy atom. The lowest BCUT2D eigenvalue weighted by Gasteiger charge is -2.21. The van der Waals surface area contributed by atoms with Crippen molar-refractivity contribution in [3.63, 3.8) is 0 Å². The number of carbonyl (C=O) groups excluding carboxylic acids is 3. The Hall–Kier alpha value is -2.02. The predicted octanol–water partition coefficient (Wildman–Crippen LogP) is 2.72. The third-order valence-electron chi connectivity index (χ3n) is 5.90. The van der Waals surface area contributed by atoms with E-state index in [0.29, 0.717) is 11.7 Å². The number of rotatable bonds is 5. The van der Waals surface area contributed by atoms with Crippen molar-refractivity contribution in [2.45, 2.75) is 51.4 Å². The SMILES string of the molecule is C=CCN(C(=O)CN1C(=O)[C@H]2CCCC[C@H]2C1=O)c1nc2c(s1)CCCC2. The topological polar surface area (TPSA) is 70.6 Å². The Labute approximate surface area is 163 Å². The molecule has 0 aromatic carbocycles. The number of hydrogen-bond donors (Lipinski definition) is 0. The number of anilines is 1. The van der Waals surface area contributed by atoms with Crippen molar-refractivity contribution in [2.24, 2.45) is 11.8 Å². The van der Waals surface area contributed by atoms with E-state index in [-0.39, 0.29) is 36.1 Å². The van der Waals surface area contributed by atoms with Crippen LogP contribution < -0.4 is 4.90 Å². The van der Waals surface area contributed by atoms with Gasteiger partial charge in [0.2, 0.25) is 17.7 Å². The summed E-state index contributed by atoms with van der Waals surface area (Å²) in [5.74, 6) is -1.05. The summed E-state index contributed by atoms with van der Waals surface area (Å²) in [5, 5.41) is 0.656. The first kappa shape index (κ1) is 18.3. The molecule has 27 heavy (non-hydrogen) atoms. The molecule has 3 aliphatic rings. The third kappa shape index (κ3) is 3.33. The smallest absolute Gasteiger partial charge is 0.249 e. The fourth-order valence-electron chi connectivity index (χ4n) is 4.48. The number of fused-ring (bicyclic) bond motifs is 2. The molecule has 2 aliphatic carbocycles. The number of carbonyl (C=O) groups is 3. The van der Waals surface area contributed by atoms with Crippen molar-refractivity contribution in [2.75, 3.05) is 18.0 Å². The van der Waals surface area contributed by atoms with Crippen LogP contribution >= 0.6 is 11.3 Å². The van der Waals surface area contributed by atoms with Crippen LogP contribution in [0, 0.1) is 11.8 Å². The number of aromatic nitrogens is 1. The lowest BCUT2D eigenvalue weighted by molar-refractivity contribution is -0.143. The highest BCUT2D eigenvalue weighted by Crippen LogP contribution is 2.38. The van der Waals surface area contributed by atoms with E-state index in [9.17, 15) is 14.4 Å². The molecule has 2 atom stereocenters. The molecule has 7 heteroatoms. The molecule has 3 amide bonds. The second-order valence-corrected chi connectivity index (χ2v) is 8.69. The van der Waals surface area contributed by atoms with Crippen molar-refractivity contribution in [3.05, 3.63) is 23.2 Å². The monoisotopic (exact) mass is 387 g/mol. The number of likely N-dealkylation sites (tertiary alicyclic amines) is 1. The lowest BCUT2D eigenvalue weighted by atomic mass is 9.81. The fraction of sp³-hybridized carbons (Fsp3) is 0.600. The van der Waals surface area contributed by atoms with E-state index in [2.05, 4.69) is 11.6 Å². The Morgan fingerprint density at radius 2 is 1.81 bits per heavy atom. The Balaban J connectivity index is 1.52. The van der Waals surface area contributed by atoms with Crippen molar-refractivity contribution in [1.82, 2.24) is 9.88 Å². The van der Waals surface area contributed by atoms with Crippen LogP contribution in [0.1, 0.15) is 49.1 Å². The molecule has 2 heterocycles. The van der Waals surface area contributed by atoms with E-state index in [4.69, 9.17) is 0 Å². The average Bonchev–Trinajstić information content (AvgIpc) is 3.21. The van der Waals surface area contributed by atoms with Crippen LogP contribution in [0.3, 0.4) is 0 Å². The summed E-state index contributed by atoms with van der Waals surface area (Å²) in [5.41, 5.74) is 1.09. The molecular weight excluding hydrogens is 362 g/mol. The van der Waals surface area contributed by atoms with Crippen LogP contribution in [0.25, 0.3) is 0 Å². The highest BCUT2D eigenvalue weighted by Gasteiger charge is 2.48. The zero-order valence-corrected chi connectivity index (χ0v) is 16.3. The van der Waals surface area contributed by atoms with Gasteiger partial charge in [-0.25, -0.2) is 4.98 Å². The maximum Gasteiger partial charge on any atom is 0.249 e. The van der Waals surface area contributed by atoms with Gasteiger partial charge < -0.3 is 0 Å². The predicted molar refractivity (Wildman–Crippen MR) is 103 cm³/mol. The quantitative estimate of drug-likeness (QED) is 0.575.